The second kappa shape index (κ2) is 5.81. The quantitative estimate of drug-likeness (QED) is 0.831. The highest BCUT2D eigenvalue weighted by molar-refractivity contribution is 9.10. The molecule has 5 heteroatoms. The molecule has 0 aromatic heterocycles. The molecule has 0 saturated carbocycles. The summed E-state index contributed by atoms with van der Waals surface area (Å²) in [5, 5.41) is 0. The van der Waals surface area contributed by atoms with Gasteiger partial charge in [0, 0.05) is 10.0 Å². The van der Waals surface area contributed by atoms with Crippen LogP contribution in [0.1, 0.15) is 23.6 Å². The van der Waals surface area contributed by atoms with E-state index in [4.69, 9.17) is 5.73 Å². The second-order valence-corrected chi connectivity index (χ2v) is 6.21. The van der Waals surface area contributed by atoms with Crippen LogP contribution < -0.4 is 5.73 Å². The third-order valence-corrected chi connectivity index (χ3v) is 3.88. The SMILES string of the molecule is CC(N)(Cc1ccc(C(F)(F)F)cc1)c1ccc(Br)cc1. The molecular weight excluding hydrogens is 343 g/mol. The van der Waals surface area contributed by atoms with Gasteiger partial charge in [-0.2, -0.15) is 13.2 Å². The minimum atomic E-state index is -4.31. The molecule has 21 heavy (non-hydrogen) atoms. The average molecular weight is 358 g/mol. The van der Waals surface area contributed by atoms with Crippen molar-refractivity contribution in [3.05, 3.63) is 69.7 Å². The molecule has 0 bridgehead atoms. The highest BCUT2D eigenvalue weighted by Gasteiger charge is 2.30. The van der Waals surface area contributed by atoms with Crippen molar-refractivity contribution in [1.29, 1.82) is 0 Å². The summed E-state index contributed by atoms with van der Waals surface area (Å²) in [4.78, 5) is 0. The first-order valence-corrected chi connectivity index (χ1v) is 7.19. The van der Waals surface area contributed by atoms with Crippen LogP contribution in [-0.2, 0) is 18.1 Å². The molecule has 0 spiro atoms. The second-order valence-electron chi connectivity index (χ2n) is 5.30. The normalized spacial score (nSPS) is 14.8. The molecule has 1 atom stereocenters. The third kappa shape index (κ3) is 4.08. The van der Waals surface area contributed by atoms with Gasteiger partial charge in [-0.1, -0.05) is 40.2 Å². The lowest BCUT2D eigenvalue weighted by Crippen LogP contribution is -2.35. The number of halogens is 4. The lowest BCUT2D eigenvalue weighted by atomic mass is 9.86. The Hall–Kier alpha value is -1.33. The highest BCUT2D eigenvalue weighted by Crippen LogP contribution is 2.30. The molecule has 2 aromatic carbocycles. The molecule has 0 aliphatic heterocycles. The van der Waals surface area contributed by atoms with Crippen LogP contribution in [0.4, 0.5) is 13.2 Å². The van der Waals surface area contributed by atoms with Gasteiger partial charge in [0.25, 0.3) is 0 Å². The summed E-state index contributed by atoms with van der Waals surface area (Å²) in [6, 6.07) is 12.8. The molecule has 1 nitrogen and oxygen atoms in total. The maximum absolute atomic E-state index is 12.5. The summed E-state index contributed by atoms with van der Waals surface area (Å²) in [5.41, 5.74) is 6.73. The Morgan fingerprint density at radius 2 is 1.38 bits per heavy atom. The molecular formula is C16H15BrF3N. The molecule has 0 radical (unpaired) electrons. The standard InChI is InChI=1S/C16H15BrF3N/c1-15(21,12-6-8-14(17)9-7-12)10-11-2-4-13(5-3-11)16(18,19)20/h2-9H,10,21H2,1H3. The summed E-state index contributed by atoms with van der Waals surface area (Å²) < 4.78 is 38.5. The number of hydrogen-bond donors (Lipinski definition) is 1. The number of hydrogen-bond acceptors (Lipinski definition) is 1. The topological polar surface area (TPSA) is 26.0 Å². The first-order valence-electron chi connectivity index (χ1n) is 6.39. The maximum atomic E-state index is 12.5. The van der Waals surface area contributed by atoms with E-state index in [-0.39, 0.29) is 0 Å². The number of alkyl halides is 3. The zero-order valence-corrected chi connectivity index (χ0v) is 13.0. The van der Waals surface area contributed by atoms with E-state index < -0.39 is 17.3 Å². The van der Waals surface area contributed by atoms with Gasteiger partial charge in [0.1, 0.15) is 0 Å². The van der Waals surface area contributed by atoms with Crippen molar-refractivity contribution in [2.24, 2.45) is 5.73 Å². The Labute approximate surface area is 130 Å². The minimum Gasteiger partial charge on any atom is -0.321 e. The van der Waals surface area contributed by atoms with Gasteiger partial charge >= 0.3 is 6.18 Å². The van der Waals surface area contributed by atoms with Crippen molar-refractivity contribution in [3.63, 3.8) is 0 Å². The van der Waals surface area contributed by atoms with E-state index in [2.05, 4.69) is 15.9 Å². The van der Waals surface area contributed by atoms with Gasteiger partial charge in [-0.05, 0) is 48.7 Å². The van der Waals surface area contributed by atoms with Crippen molar-refractivity contribution in [2.75, 3.05) is 0 Å². The fraction of sp³-hybridized carbons (Fsp3) is 0.250. The van der Waals surface area contributed by atoms with Crippen molar-refractivity contribution in [2.45, 2.75) is 25.1 Å². The summed E-state index contributed by atoms with van der Waals surface area (Å²) in [7, 11) is 0. The largest absolute Gasteiger partial charge is 0.416 e. The van der Waals surface area contributed by atoms with Crippen molar-refractivity contribution >= 4 is 15.9 Å². The van der Waals surface area contributed by atoms with Gasteiger partial charge in [0.05, 0.1) is 5.56 Å². The molecule has 2 N–H and O–H groups in total. The Bertz CT molecular complexity index is 601. The van der Waals surface area contributed by atoms with Gasteiger partial charge in [-0.15, -0.1) is 0 Å². The maximum Gasteiger partial charge on any atom is 0.416 e. The van der Waals surface area contributed by atoms with Crippen molar-refractivity contribution in [1.82, 2.24) is 0 Å². The summed E-state index contributed by atoms with van der Waals surface area (Å²) >= 11 is 3.36. The predicted molar refractivity (Wildman–Crippen MR) is 80.8 cm³/mol. The zero-order chi connectivity index (χ0) is 15.7. The molecule has 0 amide bonds. The lowest BCUT2D eigenvalue weighted by molar-refractivity contribution is -0.137. The summed E-state index contributed by atoms with van der Waals surface area (Å²) in [6.07, 6.45) is -3.84. The van der Waals surface area contributed by atoms with E-state index >= 15 is 0 Å². The molecule has 2 aromatic rings. The molecule has 0 aliphatic carbocycles. The number of benzene rings is 2. The average Bonchev–Trinajstić information content (AvgIpc) is 2.38. The molecule has 2 rings (SSSR count). The van der Waals surface area contributed by atoms with Crippen LogP contribution in [0.5, 0.6) is 0 Å². The van der Waals surface area contributed by atoms with E-state index in [0.717, 1.165) is 27.7 Å². The Morgan fingerprint density at radius 3 is 1.86 bits per heavy atom. The highest BCUT2D eigenvalue weighted by atomic mass is 79.9. The summed E-state index contributed by atoms with van der Waals surface area (Å²) in [6.45, 7) is 1.87. The van der Waals surface area contributed by atoms with Crippen LogP contribution in [0, 0.1) is 0 Å². The Morgan fingerprint density at radius 1 is 0.905 bits per heavy atom. The van der Waals surface area contributed by atoms with Crippen LogP contribution in [0.3, 0.4) is 0 Å². The van der Waals surface area contributed by atoms with E-state index in [1.165, 1.54) is 12.1 Å². The predicted octanol–water partition coefficient (Wildman–Crippen LogP) is 4.88. The van der Waals surface area contributed by atoms with Crippen LogP contribution in [-0.4, -0.2) is 0 Å². The van der Waals surface area contributed by atoms with E-state index in [0.29, 0.717) is 6.42 Å². The van der Waals surface area contributed by atoms with Crippen molar-refractivity contribution in [3.8, 4) is 0 Å². The zero-order valence-electron chi connectivity index (χ0n) is 11.4. The number of nitrogens with two attached hydrogens (primary N) is 1. The van der Waals surface area contributed by atoms with E-state index in [9.17, 15) is 13.2 Å². The minimum absolute atomic E-state index is 0.465. The smallest absolute Gasteiger partial charge is 0.321 e. The molecule has 112 valence electrons. The van der Waals surface area contributed by atoms with Crippen LogP contribution in [0.25, 0.3) is 0 Å². The van der Waals surface area contributed by atoms with E-state index in [1.54, 1.807) is 0 Å². The van der Waals surface area contributed by atoms with Gasteiger partial charge in [-0.25, -0.2) is 0 Å². The first kappa shape index (κ1) is 16.0. The Kier molecular flexibility index (Phi) is 4.44. The molecule has 1 unspecified atom stereocenters. The van der Waals surface area contributed by atoms with Crippen LogP contribution in [0.15, 0.2) is 53.0 Å². The third-order valence-electron chi connectivity index (χ3n) is 3.36. The van der Waals surface area contributed by atoms with Gasteiger partial charge < -0.3 is 5.73 Å². The van der Waals surface area contributed by atoms with Crippen molar-refractivity contribution < 1.29 is 13.2 Å². The monoisotopic (exact) mass is 357 g/mol. The van der Waals surface area contributed by atoms with E-state index in [1.807, 2.05) is 31.2 Å². The fourth-order valence-electron chi connectivity index (χ4n) is 2.17. The molecule has 0 heterocycles. The first-order chi connectivity index (χ1) is 9.68. The summed E-state index contributed by atoms with van der Waals surface area (Å²) in [5.74, 6) is 0. The van der Waals surface area contributed by atoms with Gasteiger partial charge in [0.15, 0.2) is 0 Å². The number of rotatable bonds is 3. The van der Waals surface area contributed by atoms with Gasteiger partial charge in [0.2, 0.25) is 0 Å². The van der Waals surface area contributed by atoms with Gasteiger partial charge in [-0.3, -0.25) is 0 Å². The lowest BCUT2D eigenvalue weighted by Gasteiger charge is -2.25. The molecule has 0 aliphatic rings. The Balaban J connectivity index is 2.18. The van der Waals surface area contributed by atoms with Crippen LogP contribution in [0.2, 0.25) is 0 Å². The molecule has 0 saturated heterocycles. The fourth-order valence-corrected chi connectivity index (χ4v) is 2.43. The molecule has 0 fully saturated rings. The van der Waals surface area contributed by atoms with Crippen LogP contribution >= 0.6 is 15.9 Å².